The third-order valence-electron chi connectivity index (χ3n) is 0. The Bertz CT molecular complexity index is 7.39. The summed E-state index contributed by atoms with van der Waals surface area (Å²) in [6.07, 6.45) is 0. The third-order valence-corrected chi connectivity index (χ3v) is 0. The van der Waals surface area contributed by atoms with Gasteiger partial charge in [-0.1, -0.05) is 0 Å². The molecular formula is CH3Y61-. The van der Waals surface area contributed by atoms with Crippen LogP contribution in [0.4, 0.5) is 0 Å². The number of hydrogen-bond acceptors (Lipinski definition) is 0. The molecule has 62 heavy (non-hydrogen) atoms. The number of hydrogen-bond donors (Lipinski definition) is 0. The van der Waals surface area contributed by atoms with Crippen LogP contribution in [-0.4, -0.2) is 0 Å². The van der Waals surface area contributed by atoms with Gasteiger partial charge in [-0.15, -0.1) is 0 Å². The summed E-state index contributed by atoms with van der Waals surface area (Å²) in [7, 11) is 0. The van der Waals surface area contributed by atoms with Gasteiger partial charge in [-0.2, -0.15) is 0 Å². The van der Waals surface area contributed by atoms with Crippen LogP contribution >= 0.6 is 0 Å². The van der Waals surface area contributed by atoms with Crippen LogP contribution in [0.1, 0.15) is 0 Å². The van der Waals surface area contributed by atoms with Crippen LogP contribution < -0.4 is 0 Å². The van der Waals surface area contributed by atoms with Crippen LogP contribution in [0, 0.1) is 7.43 Å². The minimum atomic E-state index is 0. The molecule has 61 radical (unpaired) electrons. The van der Waals surface area contributed by atoms with Gasteiger partial charge in [0.25, 0.3) is 0 Å². The molecule has 0 saturated carbocycles. The first kappa shape index (κ1) is 470. The van der Waals surface area contributed by atoms with Crippen molar-refractivity contribution in [1.82, 2.24) is 0 Å². The van der Waals surface area contributed by atoms with Gasteiger partial charge in [-0.3, -0.25) is 0 Å². The van der Waals surface area contributed by atoms with Gasteiger partial charge < -0.3 is 7.43 Å². The Morgan fingerprint density at radius 1 is 0.0323 bits per heavy atom. The molecule has 0 N–H and O–H groups in total. The smallest absolute Gasteiger partial charge is 0 e. The van der Waals surface area contributed by atoms with Crippen molar-refractivity contribution in [3.05, 3.63) is 7.43 Å². The van der Waals surface area contributed by atoms with Crippen LogP contribution in [0.3, 0.4) is 0 Å². The molecule has 0 bridgehead atoms. The first-order valence-electron chi connectivity index (χ1n) is 0. The summed E-state index contributed by atoms with van der Waals surface area (Å²) in [6, 6.07) is 0. The van der Waals surface area contributed by atoms with Gasteiger partial charge in [0.1, 0.15) is 0 Å². The Hall–Kier alpha value is 67.3. The molecule has 0 amide bonds. The van der Waals surface area contributed by atoms with Crippen LogP contribution in [0.25, 0.3) is 0 Å². The molecule has 0 unspecified atom stereocenters. The molecule has 0 aliphatic carbocycles. The predicted octanol–water partition coefficient (Wildman–Crippen LogP) is 0.298. The molecule has 0 aromatic carbocycles. The second-order valence-electron chi connectivity index (χ2n) is 0. The van der Waals surface area contributed by atoms with E-state index in [4.69, 9.17) is 0 Å². The van der Waals surface area contributed by atoms with Crippen molar-refractivity contribution < 1.29 is 2000 Å². The largest absolute Gasteiger partial charge is 0.358 e. The average Bonchev–Trinajstić information content (AvgIpc) is 0. The van der Waals surface area contributed by atoms with Gasteiger partial charge in [-0.25, -0.2) is 0 Å². The third kappa shape index (κ3) is 448. The van der Waals surface area contributed by atoms with Crippen molar-refractivity contribution in [2.24, 2.45) is 0 Å². The minimum absolute atomic E-state index is 0. The second-order valence-corrected chi connectivity index (χ2v) is 0. The summed E-state index contributed by atoms with van der Waals surface area (Å²) < 4.78 is 0. The molecule has 0 aliphatic heterocycles. The maximum absolute atomic E-state index is 0. The van der Waals surface area contributed by atoms with Gasteiger partial charge in [0.05, 0.1) is 0 Å². The molecule has 0 saturated heterocycles. The summed E-state index contributed by atoms with van der Waals surface area (Å²) in [5.41, 5.74) is 0. The van der Waals surface area contributed by atoms with Crippen molar-refractivity contribution in [2.45, 2.75) is 0 Å². The fourth-order valence-electron chi connectivity index (χ4n) is 0. The van der Waals surface area contributed by atoms with Crippen molar-refractivity contribution in [3.8, 4) is 0 Å². The van der Waals surface area contributed by atoms with E-state index in [0.717, 1.165) is 0 Å². The Kier molecular flexibility index (Phi) is 3480. The Morgan fingerprint density at radius 3 is 0.0323 bits per heavy atom. The van der Waals surface area contributed by atoms with E-state index in [-0.39, 0.29) is 2000 Å². The van der Waals surface area contributed by atoms with E-state index in [2.05, 4.69) is 0 Å². The molecule has 61 heteroatoms. The van der Waals surface area contributed by atoms with Crippen molar-refractivity contribution >= 4 is 0 Å². The average molecular weight is 5440 g/mol. The summed E-state index contributed by atoms with van der Waals surface area (Å²) in [6.45, 7) is 0. The van der Waals surface area contributed by atoms with Crippen molar-refractivity contribution in [2.75, 3.05) is 0 Å². The summed E-state index contributed by atoms with van der Waals surface area (Å²) in [5.74, 6) is 0. The molecular weight excluding hydrogens is 5440 g/mol. The van der Waals surface area contributed by atoms with Crippen LogP contribution in [0.15, 0.2) is 0 Å². The van der Waals surface area contributed by atoms with Crippen molar-refractivity contribution in [1.29, 1.82) is 0 Å². The minimum Gasteiger partial charge on any atom is -0.358 e. The van der Waals surface area contributed by atoms with E-state index in [1.54, 1.807) is 0 Å². The topological polar surface area (TPSA) is 0 Å². The number of rotatable bonds is 0. The Balaban J connectivity index is 0. The summed E-state index contributed by atoms with van der Waals surface area (Å²) in [5, 5.41) is 0. The van der Waals surface area contributed by atoms with E-state index in [0.29, 0.717) is 0 Å². The molecule has 0 aliphatic rings. The van der Waals surface area contributed by atoms with Gasteiger partial charge in [0.2, 0.25) is 0 Å². The van der Waals surface area contributed by atoms with Gasteiger partial charge in [0, 0.05) is 2000 Å². The van der Waals surface area contributed by atoms with E-state index in [1.807, 2.05) is 0 Å². The molecule has 0 heterocycles. The molecule has 0 rings (SSSR count). The first-order chi connectivity index (χ1) is 0. The summed E-state index contributed by atoms with van der Waals surface area (Å²) >= 11 is 0. The van der Waals surface area contributed by atoms with E-state index < -0.39 is 0 Å². The second kappa shape index (κ2) is 459. The Morgan fingerprint density at radius 2 is 0.0323 bits per heavy atom. The monoisotopic (exact) mass is 5440 g/mol. The molecule has 0 fully saturated rings. The zero-order chi connectivity index (χ0) is 0. The van der Waals surface area contributed by atoms with Crippen molar-refractivity contribution in [3.63, 3.8) is 0 Å². The fraction of sp³-hybridized carbons (Fsp3) is 0. The molecule has 0 spiro atoms. The van der Waals surface area contributed by atoms with Crippen LogP contribution in [-0.2, 0) is 2000 Å². The zero-order valence-electron chi connectivity index (χ0n) is 36.2. The van der Waals surface area contributed by atoms with Crippen LogP contribution in [0.2, 0.25) is 0 Å². The van der Waals surface area contributed by atoms with E-state index in [9.17, 15) is 0 Å². The molecule has 191 valence electrons. The first-order valence-corrected chi connectivity index (χ1v) is 0. The van der Waals surface area contributed by atoms with Gasteiger partial charge in [0.15, 0.2) is 0 Å². The molecule has 0 nitrogen and oxygen atoms in total. The van der Waals surface area contributed by atoms with E-state index >= 15 is 0 Å². The van der Waals surface area contributed by atoms with E-state index in [1.165, 1.54) is 0 Å². The molecule has 0 aromatic heterocycles. The molecule has 0 atom stereocenters. The Labute approximate surface area is 1920 Å². The zero-order valence-corrected chi connectivity index (χ0v) is 209. The summed E-state index contributed by atoms with van der Waals surface area (Å²) in [4.78, 5) is 0. The van der Waals surface area contributed by atoms with Gasteiger partial charge >= 0.3 is 0 Å². The predicted molar refractivity (Wildman–Crippen MR) is 6.41 cm³/mol. The molecule has 0 aromatic rings. The van der Waals surface area contributed by atoms with Gasteiger partial charge in [-0.05, 0) is 0 Å². The quantitative estimate of drug-likeness (QED) is 0.307. The maximum atomic E-state index is 0. The standard InChI is InChI=1S/CH3.61Y/h1H3;;;;;;;;;;;;;;;;;;;;;;;;;;;;;;;;;;;;;;;;;;;;;;;;;;;;;;;;;;;;;/q-1;;;;;;;;;;;;;;;;;;;;;;;;;;;;;;;;;;;;;;;;;;;;;;;;;;;;;;;;;;;;;. The normalized spacial score (nSPS) is 0. The maximum Gasteiger partial charge on any atom is 0 e. The SMILES string of the molecule is [CH3-].[Y].[Y].[Y].[Y].[Y].[Y].[Y].[Y].[Y].[Y].[Y].[Y].[Y].[Y].[Y].[Y].[Y].[Y].[Y].[Y].[Y].[Y].[Y].[Y].[Y].[Y].[Y].[Y].[Y].[Y].[Y].[Y].[Y].[Y].[Y].[Y].[Y].[Y].[Y].[Y].[Y].[Y].[Y].[Y].[Y].[Y].[Y].[Y].[Y].[Y].[Y].[Y].[Y].[Y].[Y].[Y].[Y].[Y].[Y].[Y].[Y]. The van der Waals surface area contributed by atoms with Crippen LogP contribution in [0.5, 0.6) is 0 Å². The fourth-order valence-corrected chi connectivity index (χ4v) is 0.